The Morgan fingerprint density at radius 2 is 2.50 bits per heavy atom. The van der Waals surface area contributed by atoms with E-state index in [0.717, 1.165) is 17.5 Å². The lowest BCUT2D eigenvalue weighted by Crippen LogP contribution is -2.02. The second kappa shape index (κ2) is 3.05. The van der Waals surface area contributed by atoms with E-state index in [1.165, 1.54) is 12.1 Å². The molecule has 2 unspecified atom stereocenters. The zero-order valence-corrected chi connectivity index (χ0v) is 8.32. The Labute approximate surface area is 77.0 Å². The average Bonchev–Trinajstić information content (AvgIpc) is 2.61. The Bertz CT molecular complexity index is 269. The van der Waals surface area contributed by atoms with Crippen LogP contribution in [-0.4, -0.2) is 11.0 Å². The minimum atomic E-state index is 0.695. The minimum Gasteiger partial charge on any atom is -0.359 e. The molecule has 0 aromatic carbocycles. The van der Waals surface area contributed by atoms with Gasteiger partial charge in [-0.3, -0.25) is 0 Å². The van der Waals surface area contributed by atoms with Gasteiger partial charge in [0.25, 0.3) is 0 Å². The van der Waals surface area contributed by atoms with E-state index in [4.69, 9.17) is 0 Å². The lowest BCUT2D eigenvalue weighted by atomic mass is 10.4. The number of anilines is 1. The number of nitrogens with one attached hydrogen (secondary N) is 1. The van der Waals surface area contributed by atoms with Gasteiger partial charge in [0.2, 0.25) is 0 Å². The zero-order valence-electron chi connectivity index (χ0n) is 7.50. The largest absolute Gasteiger partial charge is 0.359 e. The maximum absolute atomic E-state index is 4.45. The van der Waals surface area contributed by atoms with Gasteiger partial charge in [-0.2, -0.15) is 0 Å². The summed E-state index contributed by atoms with van der Waals surface area (Å²) in [5.74, 6) is 0.846. The van der Waals surface area contributed by atoms with Crippen molar-refractivity contribution < 1.29 is 0 Å². The molecule has 0 saturated heterocycles. The first-order valence-corrected chi connectivity index (χ1v) is 5.38. The van der Waals surface area contributed by atoms with Gasteiger partial charge in [0, 0.05) is 11.4 Å². The fourth-order valence-electron chi connectivity index (χ4n) is 1.22. The Morgan fingerprint density at radius 1 is 1.75 bits per heavy atom. The van der Waals surface area contributed by atoms with Crippen LogP contribution < -0.4 is 5.32 Å². The summed E-state index contributed by atoms with van der Waals surface area (Å²) in [5.41, 5.74) is 1.20. The molecule has 1 aromatic heterocycles. The molecule has 1 saturated carbocycles. The summed E-state index contributed by atoms with van der Waals surface area (Å²) in [5, 5.41) is 6.66. The van der Waals surface area contributed by atoms with Gasteiger partial charge in [-0.15, -0.1) is 11.3 Å². The van der Waals surface area contributed by atoms with Gasteiger partial charge in [0.1, 0.15) is 0 Å². The van der Waals surface area contributed by atoms with Crippen molar-refractivity contribution >= 4 is 16.5 Å². The van der Waals surface area contributed by atoms with Crippen molar-refractivity contribution in [3.63, 3.8) is 0 Å². The van der Waals surface area contributed by atoms with E-state index in [2.05, 4.69) is 29.5 Å². The molecule has 1 heterocycles. The molecule has 1 aliphatic carbocycles. The predicted molar refractivity (Wildman–Crippen MR) is 52.7 cm³/mol. The van der Waals surface area contributed by atoms with Gasteiger partial charge in [-0.05, 0) is 18.8 Å². The standard InChI is InChI=1S/C9H14N2S/c1-3-7-5-12-9(10-7)11-8-4-6(8)2/h5-6,8H,3-4H2,1-2H3,(H,10,11). The molecule has 12 heavy (non-hydrogen) atoms. The van der Waals surface area contributed by atoms with Gasteiger partial charge in [-0.1, -0.05) is 13.8 Å². The van der Waals surface area contributed by atoms with Crippen LogP contribution in [0, 0.1) is 5.92 Å². The molecule has 0 amide bonds. The first kappa shape index (κ1) is 8.05. The number of rotatable bonds is 3. The highest BCUT2D eigenvalue weighted by molar-refractivity contribution is 7.13. The summed E-state index contributed by atoms with van der Waals surface area (Å²) in [6.07, 6.45) is 2.35. The van der Waals surface area contributed by atoms with E-state index in [9.17, 15) is 0 Å². The fourth-order valence-corrected chi connectivity index (χ4v) is 2.07. The summed E-state index contributed by atoms with van der Waals surface area (Å²) >= 11 is 1.72. The monoisotopic (exact) mass is 182 g/mol. The third kappa shape index (κ3) is 1.61. The van der Waals surface area contributed by atoms with Crippen LogP contribution in [0.5, 0.6) is 0 Å². The number of hydrogen-bond donors (Lipinski definition) is 1. The molecule has 3 heteroatoms. The van der Waals surface area contributed by atoms with Crippen LogP contribution >= 0.6 is 11.3 Å². The van der Waals surface area contributed by atoms with E-state index in [-0.39, 0.29) is 0 Å². The molecule has 2 nitrogen and oxygen atoms in total. The maximum atomic E-state index is 4.45. The van der Waals surface area contributed by atoms with E-state index in [1.54, 1.807) is 11.3 Å². The molecule has 1 aliphatic rings. The van der Waals surface area contributed by atoms with Crippen molar-refractivity contribution in [2.24, 2.45) is 5.92 Å². The molecule has 0 bridgehead atoms. The molecule has 0 spiro atoms. The smallest absolute Gasteiger partial charge is 0.183 e. The van der Waals surface area contributed by atoms with Gasteiger partial charge in [0.05, 0.1) is 5.69 Å². The summed E-state index contributed by atoms with van der Waals surface area (Å²) in [4.78, 5) is 4.45. The second-order valence-corrected chi connectivity index (χ2v) is 4.32. The third-order valence-electron chi connectivity index (χ3n) is 2.33. The van der Waals surface area contributed by atoms with Crippen LogP contribution in [0.3, 0.4) is 0 Å². The van der Waals surface area contributed by atoms with Crippen molar-refractivity contribution in [2.75, 3.05) is 5.32 Å². The molecule has 2 rings (SSSR count). The summed E-state index contributed by atoms with van der Waals surface area (Å²) in [6, 6.07) is 0.695. The van der Waals surface area contributed by atoms with Gasteiger partial charge in [0.15, 0.2) is 5.13 Å². The lowest BCUT2D eigenvalue weighted by Gasteiger charge is -1.97. The fraction of sp³-hybridized carbons (Fsp3) is 0.667. The van der Waals surface area contributed by atoms with Crippen molar-refractivity contribution in [1.82, 2.24) is 4.98 Å². The SMILES string of the molecule is CCc1csc(NC2CC2C)n1. The highest BCUT2D eigenvalue weighted by Gasteiger charge is 2.32. The highest BCUT2D eigenvalue weighted by atomic mass is 32.1. The van der Waals surface area contributed by atoms with Crippen molar-refractivity contribution in [2.45, 2.75) is 32.7 Å². The van der Waals surface area contributed by atoms with E-state index in [1.807, 2.05) is 0 Å². The van der Waals surface area contributed by atoms with E-state index in [0.29, 0.717) is 6.04 Å². The van der Waals surface area contributed by atoms with E-state index < -0.39 is 0 Å². The first-order chi connectivity index (χ1) is 5.79. The predicted octanol–water partition coefficient (Wildman–Crippen LogP) is 2.53. The number of nitrogens with zero attached hydrogens (tertiary/aromatic N) is 1. The Balaban J connectivity index is 1.95. The quantitative estimate of drug-likeness (QED) is 0.777. The normalized spacial score (nSPS) is 27.2. The van der Waals surface area contributed by atoms with Crippen LogP contribution in [0.4, 0.5) is 5.13 Å². The number of thiazole rings is 1. The number of aromatic nitrogens is 1. The molecule has 2 atom stereocenters. The van der Waals surface area contributed by atoms with Crippen LogP contribution in [-0.2, 0) is 6.42 Å². The van der Waals surface area contributed by atoms with Crippen LogP contribution in [0.25, 0.3) is 0 Å². The van der Waals surface area contributed by atoms with Crippen LogP contribution in [0.2, 0.25) is 0 Å². The van der Waals surface area contributed by atoms with Crippen LogP contribution in [0.1, 0.15) is 26.0 Å². The summed E-state index contributed by atoms with van der Waals surface area (Å²) < 4.78 is 0. The average molecular weight is 182 g/mol. The molecule has 1 aromatic rings. The van der Waals surface area contributed by atoms with Gasteiger partial charge in [-0.25, -0.2) is 4.98 Å². The van der Waals surface area contributed by atoms with Crippen molar-refractivity contribution in [3.05, 3.63) is 11.1 Å². The van der Waals surface area contributed by atoms with Gasteiger partial charge < -0.3 is 5.32 Å². The summed E-state index contributed by atoms with van der Waals surface area (Å²) in [6.45, 7) is 4.41. The topological polar surface area (TPSA) is 24.9 Å². The zero-order chi connectivity index (χ0) is 8.55. The molecule has 1 N–H and O–H groups in total. The molecule has 66 valence electrons. The molecular weight excluding hydrogens is 168 g/mol. The van der Waals surface area contributed by atoms with Crippen LogP contribution in [0.15, 0.2) is 5.38 Å². The maximum Gasteiger partial charge on any atom is 0.183 e. The Morgan fingerprint density at radius 3 is 3.00 bits per heavy atom. The molecule has 0 radical (unpaired) electrons. The minimum absolute atomic E-state index is 0.695. The second-order valence-electron chi connectivity index (χ2n) is 3.46. The molecular formula is C9H14N2S. The Kier molecular flexibility index (Phi) is 2.05. The third-order valence-corrected chi connectivity index (χ3v) is 3.15. The first-order valence-electron chi connectivity index (χ1n) is 4.50. The summed E-state index contributed by atoms with van der Waals surface area (Å²) in [7, 11) is 0. The lowest BCUT2D eigenvalue weighted by molar-refractivity contribution is 0.925. The van der Waals surface area contributed by atoms with E-state index >= 15 is 0 Å². The number of hydrogen-bond acceptors (Lipinski definition) is 3. The Hall–Kier alpha value is -0.570. The van der Waals surface area contributed by atoms with Gasteiger partial charge >= 0.3 is 0 Å². The molecule has 1 fully saturated rings. The number of aryl methyl sites for hydroxylation is 1. The highest BCUT2D eigenvalue weighted by Crippen LogP contribution is 2.33. The van der Waals surface area contributed by atoms with Crippen molar-refractivity contribution in [1.29, 1.82) is 0 Å². The molecule has 0 aliphatic heterocycles. The van der Waals surface area contributed by atoms with Crippen molar-refractivity contribution in [3.8, 4) is 0 Å².